The van der Waals surface area contributed by atoms with Crippen molar-refractivity contribution in [2.45, 2.75) is 44.6 Å². The summed E-state index contributed by atoms with van der Waals surface area (Å²) in [4.78, 5) is 8.48. The van der Waals surface area contributed by atoms with E-state index >= 15 is 0 Å². The maximum Gasteiger partial charge on any atom is 0.130 e. The molecule has 88 valence electrons. The molecule has 0 bridgehead atoms. The Hall–Kier alpha value is -0.830. The number of aromatic nitrogens is 2. The van der Waals surface area contributed by atoms with Gasteiger partial charge < -0.3 is 5.32 Å². The Bertz CT molecular complexity index is 348. The molecule has 4 heteroatoms. The highest BCUT2D eigenvalue weighted by Crippen LogP contribution is 2.32. The number of hydrogen-bond donors (Lipinski definition) is 1. The molecule has 1 aromatic rings. The summed E-state index contributed by atoms with van der Waals surface area (Å²) in [6.45, 7) is 1.90. The Labute approximate surface area is 102 Å². The fourth-order valence-electron chi connectivity index (χ4n) is 2.32. The van der Waals surface area contributed by atoms with E-state index in [9.17, 15) is 0 Å². The molecule has 0 radical (unpaired) electrons. The molecule has 0 saturated heterocycles. The van der Waals surface area contributed by atoms with Crippen molar-refractivity contribution in [3.05, 3.63) is 18.1 Å². The SMILES string of the molecule is Cc1nccc(NC2(CCl)CCCCC2)n1. The zero-order valence-corrected chi connectivity index (χ0v) is 10.4. The van der Waals surface area contributed by atoms with Crippen LogP contribution in [0, 0.1) is 6.92 Å². The van der Waals surface area contributed by atoms with Crippen LogP contribution < -0.4 is 5.32 Å². The molecule has 3 nitrogen and oxygen atoms in total. The van der Waals surface area contributed by atoms with E-state index in [1.54, 1.807) is 6.20 Å². The molecule has 2 rings (SSSR count). The number of aryl methyl sites for hydroxylation is 1. The zero-order valence-electron chi connectivity index (χ0n) is 9.67. The van der Waals surface area contributed by atoms with E-state index < -0.39 is 0 Å². The first-order valence-electron chi connectivity index (χ1n) is 5.88. The number of hydrogen-bond acceptors (Lipinski definition) is 3. The summed E-state index contributed by atoms with van der Waals surface area (Å²) >= 11 is 6.12. The number of nitrogens with one attached hydrogen (secondary N) is 1. The van der Waals surface area contributed by atoms with Gasteiger partial charge in [0.05, 0.1) is 5.54 Å². The van der Waals surface area contributed by atoms with E-state index in [0.29, 0.717) is 5.88 Å². The van der Waals surface area contributed by atoms with Crippen LogP contribution in [0.2, 0.25) is 0 Å². The quantitative estimate of drug-likeness (QED) is 0.824. The monoisotopic (exact) mass is 239 g/mol. The molecule has 0 amide bonds. The minimum Gasteiger partial charge on any atom is -0.363 e. The normalized spacial score (nSPS) is 19.4. The van der Waals surface area contributed by atoms with Gasteiger partial charge in [-0.05, 0) is 25.8 Å². The molecule has 0 aliphatic heterocycles. The van der Waals surface area contributed by atoms with Crippen LogP contribution in [-0.4, -0.2) is 21.4 Å². The van der Waals surface area contributed by atoms with Crippen molar-refractivity contribution in [2.75, 3.05) is 11.2 Å². The van der Waals surface area contributed by atoms with Crippen molar-refractivity contribution in [2.24, 2.45) is 0 Å². The summed E-state index contributed by atoms with van der Waals surface area (Å²) in [5.74, 6) is 2.34. The van der Waals surface area contributed by atoms with Crippen LogP contribution in [-0.2, 0) is 0 Å². The van der Waals surface area contributed by atoms with Gasteiger partial charge in [0.2, 0.25) is 0 Å². The third kappa shape index (κ3) is 2.64. The lowest BCUT2D eigenvalue weighted by atomic mass is 9.83. The molecular formula is C12H18ClN3. The molecule has 1 N–H and O–H groups in total. The second kappa shape index (κ2) is 5.00. The van der Waals surface area contributed by atoms with Gasteiger partial charge in [-0.2, -0.15) is 0 Å². The second-order valence-corrected chi connectivity index (χ2v) is 4.86. The molecule has 1 aromatic heterocycles. The van der Waals surface area contributed by atoms with Crippen LogP contribution >= 0.6 is 11.6 Å². The van der Waals surface area contributed by atoms with E-state index in [1.165, 1.54) is 19.3 Å². The van der Waals surface area contributed by atoms with Gasteiger partial charge in [-0.25, -0.2) is 9.97 Å². The largest absolute Gasteiger partial charge is 0.363 e. The Morgan fingerprint density at radius 2 is 2.12 bits per heavy atom. The van der Waals surface area contributed by atoms with Crippen molar-refractivity contribution in [1.29, 1.82) is 0 Å². The molecule has 0 aromatic carbocycles. The van der Waals surface area contributed by atoms with Gasteiger partial charge >= 0.3 is 0 Å². The first kappa shape index (κ1) is 11.6. The van der Waals surface area contributed by atoms with Crippen LogP contribution in [0.25, 0.3) is 0 Å². The molecule has 1 saturated carbocycles. The van der Waals surface area contributed by atoms with Crippen LogP contribution in [0.1, 0.15) is 37.9 Å². The molecule has 0 spiro atoms. The lowest BCUT2D eigenvalue weighted by Crippen LogP contribution is -2.42. The summed E-state index contributed by atoms with van der Waals surface area (Å²) in [7, 11) is 0. The third-order valence-corrected chi connectivity index (χ3v) is 3.75. The van der Waals surface area contributed by atoms with E-state index in [-0.39, 0.29) is 5.54 Å². The van der Waals surface area contributed by atoms with Gasteiger partial charge in [0.15, 0.2) is 0 Å². The van der Waals surface area contributed by atoms with Gasteiger partial charge in [0, 0.05) is 12.1 Å². The highest BCUT2D eigenvalue weighted by Gasteiger charge is 2.31. The van der Waals surface area contributed by atoms with Crippen molar-refractivity contribution in [3.63, 3.8) is 0 Å². The smallest absolute Gasteiger partial charge is 0.130 e. The molecule has 0 atom stereocenters. The average Bonchev–Trinajstić information content (AvgIpc) is 2.30. The Morgan fingerprint density at radius 3 is 2.75 bits per heavy atom. The topological polar surface area (TPSA) is 37.8 Å². The molecule has 1 aliphatic rings. The van der Waals surface area contributed by atoms with Crippen molar-refractivity contribution in [3.8, 4) is 0 Å². The van der Waals surface area contributed by atoms with E-state index in [0.717, 1.165) is 24.5 Å². The number of nitrogens with zero attached hydrogens (tertiary/aromatic N) is 2. The minimum absolute atomic E-state index is 0.0423. The van der Waals surface area contributed by atoms with E-state index in [1.807, 2.05) is 13.0 Å². The number of alkyl halides is 1. The fourth-order valence-corrected chi connectivity index (χ4v) is 2.65. The summed E-state index contributed by atoms with van der Waals surface area (Å²) in [5.41, 5.74) is 0.0423. The van der Waals surface area contributed by atoms with Crippen molar-refractivity contribution < 1.29 is 0 Å². The maximum absolute atomic E-state index is 6.12. The van der Waals surface area contributed by atoms with Gasteiger partial charge in [-0.15, -0.1) is 11.6 Å². The van der Waals surface area contributed by atoms with Crippen LogP contribution in [0.4, 0.5) is 5.82 Å². The predicted octanol–water partition coefficient (Wildman–Crippen LogP) is 3.14. The summed E-state index contributed by atoms with van der Waals surface area (Å²) < 4.78 is 0. The van der Waals surface area contributed by atoms with Crippen LogP contribution in [0.3, 0.4) is 0 Å². The Morgan fingerprint density at radius 1 is 1.38 bits per heavy atom. The van der Waals surface area contributed by atoms with Crippen molar-refractivity contribution in [1.82, 2.24) is 9.97 Å². The molecule has 1 heterocycles. The molecular weight excluding hydrogens is 222 g/mol. The van der Waals surface area contributed by atoms with Gasteiger partial charge in [-0.3, -0.25) is 0 Å². The fraction of sp³-hybridized carbons (Fsp3) is 0.667. The van der Waals surface area contributed by atoms with E-state index in [2.05, 4.69) is 15.3 Å². The second-order valence-electron chi connectivity index (χ2n) is 4.59. The third-order valence-electron chi connectivity index (χ3n) is 3.24. The maximum atomic E-state index is 6.12. The number of rotatable bonds is 3. The molecule has 16 heavy (non-hydrogen) atoms. The summed E-state index contributed by atoms with van der Waals surface area (Å²) in [6.07, 6.45) is 7.89. The first-order chi connectivity index (χ1) is 7.74. The minimum atomic E-state index is 0.0423. The summed E-state index contributed by atoms with van der Waals surface area (Å²) in [5, 5.41) is 3.50. The molecule has 1 fully saturated rings. The highest BCUT2D eigenvalue weighted by atomic mass is 35.5. The Kier molecular flexibility index (Phi) is 3.64. The Balaban J connectivity index is 2.11. The predicted molar refractivity (Wildman–Crippen MR) is 66.9 cm³/mol. The standard InChI is InChI=1S/C12H18ClN3/c1-10-14-8-5-11(15-10)16-12(9-13)6-3-2-4-7-12/h5,8H,2-4,6-7,9H2,1H3,(H,14,15,16). The summed E-state index contributed by atoms with van der Waals surface area (Å²) in [6, 6.07) is 1.91. The van der Waals surface area contributed by atoms with E-state index in [4.69, 9.17) is 11.6 Å². The lowest BCUT2D eigenvalue weighted by molar-refractivity contribution is 0.352. The van der Waals surface area contributed by atoms with Crippen LogP contribution in [0.5, 0.6) is 0 Å². The van der Waals surface area contributed by atoms with Gasteiger partial charge in [0.25, 0.3) is 0 Å². The zero-order chi connectivity index (χ0) is 11.4. The highest BCUT2D eigenvalue weighted by molar-refractivity contribution is 6.18. The first-order valence-corrected chi connectivity index (χ1v) is 6.41. The number of halogens is 1. The van der Waals surface area contributed by atoms with Gasteiger partial charge in [-0.1, -0.05) is 19.3 Å². The number of anilines is 1. The molecule has 1 aliphatic carbocycles. The molecule has 0 unspecified atom stereocenters. The van der Waals surface area contributed by atoms with Crippen LogP contribution in [0.15, 0.2) is 12.3 Å². The van der Waals surface area contributed by atoms with Crippen molar-refractivity contribution >= 4 is 17.4 Å². The van der Waals surface area contributed by atoms with Gasteiger partial charge in [0.1, 0.15) is 11.6 Å². The lowest BCUT2D eigenvalue weighted by Gasteiger charge is -2.36. The average molecular weight is 240 g/mol.